The van der Waals surface area contributed by atoms with Gasteiger partial charge in [-0.25, -0.2) is 10.4 Å². The van der Waals surface area contributed by atoms with E-state index in [1.807, 2.05) is 66.2 Å². The number of benzene rings is 3. The maximum Gasteiger partial charge on any atom is 0.224 e. The van der Waals surface area contributed by atoms with Crippen molar-refractivity contribution in [3.05, 3.63) is 66.2 Å². The molecule has 5 nitrogen and oxygen atoms in total. The minimum absolute atomic E-state index is 0.206. The van der Waals surface area contributed by atoms with Crippen molar-refractivity contribution in [2.75, 3.05) is 12.0 Å². The lowest BCUT2D eigenvalue weighted by Gasteiger charge is -2.10. The number of ether oxygens (including phenoxy) is 1. The van der Waals surface area contributed by atoms with Gasteiger partial charge in [0.2, 0.25) is 5.95 Å². The monoisotopic (exact) mass is 354 g/mol. The highest BCUT2D eigenvalue weighted by atomic mass is 16.5. The van der Waals surface area contributed by atoms with Gasteiger partial charge in [0, 0.05) is 12.6 Å². The predicted octanol–water partition coefficient (Wildman–Crippen LogP) is 4.18. The van der Waals surface area contributed by atoms with Gasteiger partial charge in [-0.05, 0) is 29.0 Å². The summed E-state index contributed by atoms with van der Waals surface area (Å²) < 4.78 is 7.66. The van der Waals surface area contributed by atoms with Gasteiger partial charge in [-0.2, -0.15) is 5.10 Å². The smallest absolute Gasteiger partial charge is 0.224 e. The van der Waals surface area contributed by atoms with Gasteiger partial charge in [0.05, 0.1) is 17.2 Å². The molecule has 0 unspecified atom stereocenters. The van der Waals surface area contributed by atoms with Crippen molar-refractivity contribution in [3.8, 4) is 18.1 Å². The first-order chi connectivity index (χ1) is 13.3. The van der Waals surface area contributed by atoms with E-state index in [2.05, 4.69) is 27.5 Å². The van der Waals surface area contributed by atoms with E-state index in [1.165, 1.54) is 0 Å². The van der Waals surface area contributed by atoms with Crippen LogP contribution in [0, 0.1) is 12.3 Å². The van der Waals surface area contributed by atoms with Crippen LogP contribution in [-0.4, -0.2) is 22.4 Å². The molecule has 5 heteroatoms. The molecule has 0 saturated heterocycles. The first-order valence-corrected chi connectivity index (χ1v) is 8.56. The van der Waals surface area contributed by atoms with Gasteiger partial charge in [-0.3, -0.25) is 0 Å². The summed E-state index contributed by atoms with van der Waals surface area (Å²) in [5.74, 6) is 3.86. The number of para-hydroxylation sites is 2. The Morgan fingerprint density at radius 3 is 2.81 bits per heavy atom. The SMILES string of the molecule is C#CCOc1ccc2ccccc2c1/C=N\Nc1nc2ccccc2n1C. The molecule has 0 aliphatic rings. The second-order valence-corrected chi connectivity index (χ2v) is 6.04. The fourth-order valence-corrected chi connectivity index (χ4v) is 3.05. The summed E-state index contributed by atoms with van der Waals surface area (Å²) in [6.45, 7) is 0.206. The molecular weight excluding hydrogens is 336 g/mol. The largest absolute Gasteiger partial charge is 0.480 e. The number of aromatic nitrogens is 2. The first-order valence-electron chi connectivity index (χ1n) is 8.56. The van der Waals surface area contributed by atoms with Gasteiger partial charge >= 0.3 is 0 Å². The van der Waals surface area contributed by atoms with Crippen molar-refractivity contribution < 1.29 is 4.74 Å². The molecule has 4 aromatic rings. The highest BCUT2D eigenvalue weighted by molar-refractivity contribution is 6.02. The third-order valence-electron chi connectivity index (χ3n) is 4.39. The topological polar surface area (TPSA) is 51.4 Å². The number of nitrogens with one attached hydrogen (secondary N) is 1. The van der Waals surface area contributed by atoms with E-state index in [4.69, 9.17) is 11.2 Å². The number of terminal acetylenes is 1. The van der Waals surface area contributed by atoms with Gasteiger partial charge in [0.1, 0.15) is 12.4 Å². The second-order valence-electron chi connectivity index (χ2n) is 6.04. The lowest BCUT2D eigenvalue weighted by Crippen LogP contribution is -2.01. The molecular formula is C22H18N4O. The zero-order valence-electron chi connectivity index (χ0n) is 14.9. The third kappa shape index (κ3) is 3.21. The molecule has 0 fully saturated rings. The second kappa shape index (κ2) is 7.22. The van der Waals surface area contributed by atoms with Crippen LogP contribution < -0.4 is 10.2 Å². The zero-order chi connectivity index (χ0) is 18.6. The van der Waals surface area contributed by atoms with Crippen LogP contribution in [0.3, 0.4) is 0 Å². The van der Waals surface area contributed by atoms with Crippen LogP contribution in [0.2, 0.25) is 0 Å². The van der Waals surface area contributed by atoms with E-state index < -0.39 is 0 Å². The van der Waals surface area contributed by atoms with E-state index >= 15 is 0 Å². The average molecular weight is 354 g/mol. The van der Waals surface area contributed by atoms with Crippen LogP contribution in [0.25, 0.3) is 21.8 Å². The molecule has 0 spiro atoms. The van der Waals surface area contributed by atoms with Gasteiger partial charge in [-0.15, -0.1) is 6.42 Å². The summed E-state index contributed by atoms with van der Waals surface area (Å²) in [6, 6.07) is 20.0. The lowest BCUT2D eigenvalue weighted by atomic mass is 10.0. The van der Waals surface area contributed by atoms with Crippen molar-refractivity contribution >= 4 is 34.0 Å². The minimum Gasteiger partial charge on any atom is -0.480 e. The van der Waals surface area contributed by atoms with Crippen molar-refractivity contribution in [1.82, 2.24) is 9.55 Å². The molecule has 0 bridgehead atoms. The van der Waals surface area contributed by atoms with E-state index in [1.54, 1.807) is 6.21 Å². The van der Waals surface area contributed by atoms with Gasteiger partial charge in [0.25, 0.3) is 0 Å². The Hall–Kier alpha value is -3.78. The molecule has 4 rings (SSSR count). The summed E-state index contributed by atoms with van der Waals surface area (Å²) in [6.07, 6.45) is 7.08. The number of fused-ring (bicyclic) bond motifs is 2. The Morgan fingerprint density at radius 2 is 1.96 bits per heavy atom. The maximum atomic E-state index is 5.69. The summed E-state index contributed by atoms with van der Waals surface area (Å²) in [7, 11) is 1.95. The molecule has 0 aliphatic heterocycles. The molecule has 0 amide bonds. The number of aryl methyl sites for hydroxylation is 1. The van der Waals surface area contributed by atoms with Gasteiger partial charge in [-0.1, -0.05) is 48.4 Å². The number of nitrogens with zero attached hydrogens (tertiary/aromatic N) is 3. The summed E-state index contributed by atoms with van der Waals surface area (Å²) >= 11 is 0. The lowest BCUT2D eigenvalue weighted by molar-refractivity contribution is 0.370. The van der Waals surface area contributed by atoms with Gasteiger partial charge < -0.3 is 9.30 Å². The van der Waals surface area contributed by atoms with Gasteiger partial charge in [0.15, 0.2) is 0 Å². The van der Waals surface area contributed by atoms with E-state index in [9.17, 15) is 0 Å². The van der Waals surface area contributed by atoms with Crippen LogP contribution in [0.15, 0.2) is 65.8 Å². The van der Waals surface area contributed by atoms with Crippen LogP contribution in [0.4, 0.5) is 5.95 Å². The molecule has 27 heavy (non-hydrogen) atoms. The van der Waals surface area contributed by atoms with E-state index in [-0.39, 0.29) is 6.61 Å². The molecule has 0 aliphatic carbocycles. The van der Waals surface area contributed by atoms with E-state index in [0.29, 0.717) is 11.7 Å². The molecule has 0 radical (unpaired) electrons. The van der Waals surface area contributed by atoms with Crippen molar-refractivity contribution in [2.24, 2.45) is 12.1 Å². The zero-order valence-corrected chi connectivity index (χ0v) is 14.9. The molecule has 1 aromatic heterocycles. The van der Waals surface area contributed by atoms with Crippen LogP contribution >= 0.6 is 0 Å². The molecule has 132 valence electrons. The summed E-state index contributed by atoms with van der Waals surface area (Å²) in [4.78, 5) is 4.56. The Bertz CT molecular complexity index is 1180. The molecule has 1 heterocycles. The Balaban J connectivity index is 1.69. The number of hydrazone groups is 1. The summed E-state index contributed by atoms with van der Waals surface area (Å²) in [5.41, 5.74) is 5.85. The molecule has 3 aromatic carbocycles. The standard InChI is InChI=1S/C22H18N4O/c1-3-14-27-21-13-12-16-8-4-5-9-17(16)18(21)15-23-25-22-24-19-10-6-7-11-20(19)26(22)2/h1,4-13,15H,14H2,2H3,(H,24,25)/b23-15-. The Labute approximate surface area is 157 Å². The van der Waals surface area contributed by atoms with Crippen molar-refractivity contribution in [1.29, 1.82) is 0 Å². The van der Waals surface area contributed by atoms with E-state index in [0.717, 1.165) is 27.4 Å². The maximum absolute atomic E-state index is 5.69. The quantitative estimate of drug-likeness (QED) is 0.332. The van der Waals surface area contributed by atoms with Crippen LogP contribution in [-0.2, 0) is 7.05 Å². The van der Waals surface area contributed by atoms with Crippen molar-refractivity contribution in [3.63, 3.8) is 0 Å². The highest BCUT2D eigenvalue weighted by Gasteiger charge is 2.08. The number of rotatable bonds is 5. The predicted molar refractivity (Wildman–Crippen MR) is 110 cm³/mol. The Kier molecular flexibility index (Phi) is 4.46. The number of hydrogen-bond acceptors (Lipinski definition) is 4. The van der Waals surface area contributed by atoms with Crippen LogP contribution in [0.5, 0.6) is 5.75 Å². The fourth-order valence-electron chi connectivity index (χ4n) is 3.05. The summed E-state index contributed by atoms with van der Waals surface area (Å²) in [5, 5.41) is 6.55. The normalized spacial score (nSPS) is 11.1. The fraction of sp³-hybridized carbons (Fsp3) is 0.0909. The van der Waals surface area contributed by atoms with Crippen molar-refractivity contribution in [2.45, 2.75) is 0 Å². The Morgan fingerprint density at radius 1 is 1.15 bits per heavy atom. The first kappa shape index (κ1) is 16.7. The minimum atomic E-state index is 0.206. The molecule has 0 saturated carbocycles. The average Bonchev–Trinajstić information content (AvgIpc) is 3.03. The number of hydrogen-bond donors (Lipinski definition) is 1. The molecule has 0 atom stereocenters. The number of imidazole rings is 1. The molecule has 1 N–H and O–H groups in total. The number of anilines is 1. The third-order valence-corrected chi connectivity index (χ3v) is 4.39. The highest BCUT2D eigenvalue weighted by Crippen LogP contribution is 2.27. The van der Waals surface area contributed by atoms with Crippen LogP contribution in [0.1, 0.15) is 5.56 Å².